The lowest BCUT2D eigenvalue weighted by Gasteiger charge is -2.23. The van der Waals surface area contributed by atoms with Crippen LogP contribution in [0.1, 0.15) is 19.3 Å². The summed E-state index contributed by atoms with van der Waals surface area (Å²) in [5.41, 5.74) is -0.0968. The highest BCUT2D eigenvalue weighted by Crippen LogP contribution is 2.28. The van der Waals surface area contributed by atoms with Crippen molar-refractivity contribution in [3.8, 4) is 5.75 Å². The van der Waals surface area contributed by atoms with Gasteiger partial charge < -0.3 is 15.4 Å². The first-order valence-electron chi connectivity index (χ1n) is 6.84. The number of nitrogens with one attached hydrogen (secondary N) is 2. The summed E-state index contributed by atoms with van der Waals surface area (Å²) < 4.78 is 54.4. The van der Waals surface area contributed by atoms with Crippen LogP contribution in [0.4, 0.5) is 23.2 Å². The summed E-state index contributed by atoms with van der Waals surface area (Å²) in [5, 5.41) is 4.83. The van der Waals surface area contributed by atoms with Crippen LogP contribution in [0.15, 0.2) is 18.2 Å². The number of amides is 2. The largest absolute Gasteiger partial charge is 0.482 e. The average molecular weight is 334 g/mol. The van der Waals surface area contributed by atoms with Gasteiger partial charge in [0.05, 0.1) is 5.69 Å². The predicted octanol–water partition coefficient (Wildman–Crippen LogP) is 2.37. The minimum atomic E-state index is -4.59. The van der Waals surface area contributed by atoms with Crippen molar-refractivity contribution in [2.24, 2.45) is 0 Å². The fourth-order valence-electron chi connectivity index (χ4n) is 2.10. The minimum absolute atomic E-state index is 0.0968. The molecule has 2 amide bonds. The van der Waals surface area contributed by atoms with Crippen molar-refractivity contribution in [3.05, 3.63) is 24.0 Å². The number of halogens is 4. The maximum Gasteiger partial charge on any atom is 0.422 e. The van der Waals surface area contributed by atoms with Gasteiger partial charge >= 0.3 is 6.18 Å². The van der Waals surface area contributed by atoms with Gasteiger partial charge in [0.25, 0.3) is 0 Å². The average Bonchev–Trinajstić information content (AvgIpc) is 2.46. The maximum absolute atomic E-state index is 13.2. The van der Waals surface area contributed by atoms with Crippen LogP contribution >= 0.6 is 0 Å². The van der Waals surface area contributed by atoms with Gasteiger partial charge in [0.1, 0.15) is 17.6 Å². The molecule has 2 rings (SSSR count). The highest BCUT2D eigenvalue weighted by atomic mass is 19.4. The van der Waals surface area contributed by atoms with Gasteiger partial charge in [0, 0.05) is 12.5 Å². The van der Waals surface area contributed by atoms with E-state index in [1.54, 1.807) is 0 Å². The molecule has 1 saturated heterocycles. The van der Waals surface area contributed by atoms with Crippen molar-refractivity contribution >= 4 is 17.5 Å². The standard InChI is InChI=1S/C14H14F4N2O3/c15-8-4-5-9(11(6-8)23-7-14(16,17)18)20-13(22)10-2-1-3-12(21)19-10/h4-6,10H,1-3,7H2,(H,19,21)(H,20,22)/t10-/m1/s1. The van der Waals surface area contributed by atoms with Crippen LogP contribution in [0, 0.1) is 5.82 Å². The van der Waals surface area contributed by atoms with Crippen LogP contribution in [0.25, 0.3) is 0 Å². The number of anilines is 1. The van der Waals surface area contributed by atoms with Crippen LogP contribution < -0.4 is 15.4 Å². The van der Waals surface area contributed by atoms with E-state index in [2.05, 4.69) is 15.4 Å². The molecule has 0 bridgehead atoms. The number of hydrogen-bond acceptors (Lipinski definition) is 3. The molecule has 1 fully saturated rings. The van der Waals surface area contributed by atoms with Gasteiger partial charge in [-0.2, -0.15) is 13.2 Å². The van der Waals surface area contributed by atoms with E-state index in [-0.39, 0.29) is 11.6 Å². The van der Waals surface area contributed by atoms with E-state index in [1.165, 1.54) is 0 Å². The second-order valence-corrected chi connectivity index (χ2v) is 5.05. The number of ether oxygens (including phenoxy) is 1. The third-order valence-corrected chi connectivity index (χ3v) is 3.14. The quantitative estimate of drug-likeness (QED) is 0.831. The first-order valence-corrected chi connectivity index (χ1v) is 6.84. The van der Waals surface area contributed by atoms with Crippen LogP contribution in [-0.2, 0) is 9.59 Å². The Morgan fingerprint density at radius 3 is 2.78 bits per heavy atom. The van der Waals surface area contributed by atoms with Crippen molar-refractivity contribution in [2.45, 2.75) is 31.5 Å². The monoisotopic (exact) mass is 334 g/mol. The number of rotatable bonds is 4. The zero-order valence-electron chi connectivity index (χ0n) is 11.9. The van der Waals surface area contributed by atoms with E-state index >= 15 is 0 Å². The zero-order chi connectivity index (χ0) is 17.0. The molecule has 0 unspecified atom stereocenters. The molecule has 1 aromatic carbocycles. The summed E-state index contributed by atoms with van der Waals surface area (Å²) in [4.78, 5) is 23.3. The summed E-state index contributed by atoms with van der Waals surface area (Å²) in [6.45, 7) is -1.61. The fourth-order valence-corrected chi connectivity index (χ4v) is 2.10. The lowest BCUT2D eigenvalue weighted by Crippen LogP contribution is -2.46. The van der Waals surface area contributed by atoms with Crippen molar-refractivity contribution in [1.82, 2.24) is 5.32 Å². The molecular formula is C14H14F4N2O3. The molecule has 1 atom stereocenters. The second-order valence-electron chi connectivity index (χ2n) is 5.05. The van der Waals surface area contributed by atoms with Crippen LogP contribution in [0.5, 0.6) is 5.75 Å². The normalized spacial score (nSPS) is 18.3. The van der Waals surface area contributed by atoms with Crippen molar-refractivity contribution in [1.29, 1.82) is 0 Å². The number of benzene rings is 1. The molecule has 5 nitrogen and oxygen atoms in total. The summed E-state index contributed by atoms with van der Waals surface area (Å²) in [7, 11) is 0. The Balaban J connectivity index is 2.09. The van der Waals surface area contributed by atoms with E-state index < -0.39 is 36.3 Å². The molecule has 0 spiro atoms. The second kappa shape index (κ2) is 6.84. The molecule has 1 aliphatic rings. The first kappa shape index (κ1) is 17.0. The highest BCUT2D eigenvalue weighted by molar-refractivity contribution is 5.98. The van der Waals surface area contributed by atoms with Gasteiger partial charge in [-0.25, -0.2) is 4.39 Å². The summed E-state index contributed by atoms with van der Waals surface area (Å²) >= 11 is 0. The van der Waals surface area contributed by atoms with Gasteiger partial charge in [-0.05, 0) is 25.0 Å². The molecule has 1 heterocycles. The van der Waals surface area contributed by atoms with Gasteiger partial charge in [0.15, 0.2) is 6.61 Å². The van der Waals surface area contributed by atoms with Gasteiger partial charge in [0.2, 0.25) is 11.8 Å². The highest BCUT2D eigenvalue weighted by Gasteiger charge is 2.29. The molecule has 0 saturated carbocycles. The van der Waals surface area contributed by atoms with Gasteiger partial charge in [-0.3, -0.25) is 9.59 Å². The molecule has 0 aliphatic carbocycles. The zero-order valence-corrected chi connectivity index (χ0v) is 11.9. The van der Waals surface area contributed by atoms with E-state index in [0.717, 1.165) is 18.2 Å². The summed E-state index contributed by atoms with van der Waals surface area (Å²) in [6.07, 6.45) is -3.33. The third-order valence-electron chi connectivity index (χ3n) is 3.14. The smallest absolute Gasteiger partial charge is 0.422 e. The number of carbonyl (C=O) groups is 2. The molecule has 126 valence electrons. The molecule has 23 heavy (non-hydrogen) atoms. The topological polar surface area (TPSA) is 67.4 Å². The Bertz CT molecular complexity index is 604. The Morgan fingerprint density at radius 2 is 2.13 bits per heavy atom. The molecular weight excluding hydrogens is 320 g/mol. The van der Waals surface area contributed by atoms with E-state index in [9.17, 15) is 27.2 Å². The Kier molecular flexibility index (Phi) is 5.07. The van der Waals surface area contributed by atoms with Crippen molar-refractivity contribution < 1.29 is 31.9 Å². The Labute approximate surface area is 129 Å². The molecule has 0 radical (unpaired) electrons. The summed E-state index contributed by atoms with van der Waals surface area (Å²) in [6, 6.07) is 2.05. The maximum atomic E-state index is 13.2. The molecule has 9 heteroatoms. The van der Waals surface area contributed by atoms with Crippen LogP contribution in [-0.4, -0.2) is 30.6 Å². The van der Waals surface area contributed by atoms with E-state index in [1.807, 2.05) is 0 Å². The lowest BCUT2D eigenvalue weighted by atomic mass is 10.0. The first-order chi connectivity index (χ1) is 10.7. The molecule has 0 aromatic heterocycles. The summed E-state index contributed by atoms with van der Waals surface area (Å²) in [5.74, 6) is -2.10. The number of carbonyl (C=O) groups excluding carboxylic acids is 2. The molecule has 1 aliphatic heterocycles. The van der Waals surface area contributed by atoms with E-state index in [0.29, 0.717) is 19.3 Å². The Hall–Kier alpha value is -2.32. The fraction of sp³-hybridized carbons (Fsp3) is 0.429. The van der Waals surface area contributed by atoms with Crippen molar-refractivity contribution in [3.63, 3.8) is 0 Å². The Morgan fingerprint density at radius 1 is 1.39 bits per heavy atom. The predicted molar refractivity (Wildman–Crippen MR) is 72.4 cm³/mol. The van der Waals surface area contributed by atoms with Crippen molar-refractivity contribution in [2.75, 3.05) is 11.9 Å². The van der Waals surface area contributed by atoms with E-state index in [4.69, 9.17) is 0 Å². The minimum Gasteiger partial charge on any atom is -0.482 e. The third kappa shape index (κ3) is 5.11. The number of alkyl halides is 3. The SMILES string of the molecule is O=C1CCC[C@H](C(=O)Nc2ccc(F)cc2OCC(F)(F)F)N1. The van der Waals surface area contributed by atoms with Crippen LogP contribution in [0.2, 0.25) is 0 Å². The molecule has 1 aromatic rings. The van der Waals surface area contributed by atoms with Gasteiger partial charge in [-0.1, -0.05) is 0 Å². The number of hydrogen-bond donors (Lipinski definition) is 2. The van der Waals surface area contributed by atoms with Gasteiger partial charge in [-0.15, -0.1) is 0 Å². The number of piperidine rings is 1. The molecule has 2 N–H and O–H groups in total. The lowest BCUT2D eigenvalue weighted by molar-refractivity contribution is -0.153. The van der Waals surface area contributed by atoms with Crippen LogP contribution in [0.3, 0.4) is 0 Å².